The summed E-state index contributed by atoms with van der Waals surface area (Å²) in [6.45, 7) is 2.96. The van der Waals surface area contributed by atoms with E-state index in [1.165, 1.54) is 12.0 Å². The fourth-order valence-electron chi connectivity index (χ4n) is 2.55. The summed E-state index contributed by atoms with van der Waals surface area (Å²) < 4.78 is 0. The number of hydrogen-bond acceptors (Lipinski definition) is 1. The van der Waals surface area contributed by atoms with Crippen LogP contribution in [0.15, 0.2) is 30.3 Å². The maximum atomic E-state index is 11.6. The van der Waals surface area contributed by atoms with Crippen LogP contribution >= 0.6 is 0 Å². The van der Waals surface area contributed by atoms with Gasteiger partial charge in [-0.15, -0.1) is 0 Å². The summed E-state index contributed by atoms with van der Waals surface area (Å²) in [5, 5.41) is 5.98. The van der Waals surface area contributed by atoms with Crippen molar-refractivity contribution < 1.29 is 4.79 Å². The molecular formula is C15H20N2O. The van der Waals surface area contributed by atoms with Crippen LogP contribution in [0.5, 0.6) is 0 Å². The summed E-state index contributed by atoms with van der Waals surface area (Å²) >= 11 is 0. The third-order valence-corrected chi connectivity index (χ3v) is 4.10. The summed E-state index contributed by atoms with van der Waals surface area (Å²) in [6.07, 6.45) is 2.33. The highest BCUT2D eigenvalue weighted by atomic mass is 16.2. The fourth-order valence-corrected chi connectivity index (χ4v) is 2.55. The average Bonchev–Trinajstić information content (AvgIpc) is 3.27. The SMILES string of the molecule is CC1CC1NC(=O)NCC1CC1c1ccccc1. The maximum absolute atomic E-state index is 11.6. The van der Waals surface area contributed by atoms with Crippen molar-refractivity contribution in [1.82, 2.24) is 10.6 Å². The molecule has 18 heavy (non-hydrogen) atoms. The molecule has 2 aliphatic carbocycles. The zero-order valence-corrected chi connectivity index (χ0v) is 10.7. The lowest BCUT2D eigenvalue weighted by Crippen LogP contribution is -2.38. The summed E-state index contributed by atoms with van der Waals surface area (Å²) in [4.78, 5) is 11.6. The lowest BCUT2D eigenvalue weighted by Gasteiger charge is -2.06. The molecule has 0 bridgehead atoms. The molecule has 2 aliphatic rings. The molecular weight excluding hydrogens is 224 g/mol. The van der Waals surface area contributed by atoms with E-state index in [9.17, 15) is 4.79 Å². The van der Waals surface area contributed by atoms with Crippen molar-refractivity contribution in [2.45, 2.75) is 31.7 Å². The van der Waals surface area contributed by atoms with E-state index in [4.69, 9.17) is 0 Å². The van der Waals surface area contributed by atoms with Gasteiger partial charge in [-0.25, -0.2) is 4.79 Å². The summed E-state index contributed by atoms with van der Waals surface area (Å²) in [6, 6.07) is 11.0. The molecule has 0 radical (unpaired) electrons. The summed E-state index contributed by atoms with van der Waals surface area (Å²) in [7, 11) is 0. The minimum Gasteiger partial charge on any atom is -0.338 e. The van der Waals surface area contributed by atoms with Crippen molar-refractivity contribution in [2.24, 2.45) is 11.8 Å². The standard InChI is InChI=1S/C15H20N2O/c1-10-7-14(10)17-15(18)16-9-12-8-13(12)11-5-3-2-4-6-11/h2-6,10,12-14H,7-9H2,1H3,(H2,16,17,18). The Morgan fingerprint density at radius 1 is 1.28 bits per heavy atom. The molecule has 0 spiro atoms. The largest absolute Gasteiger partial charge is 0.338 e. The minimum absolute atomic E-state index is 0.00283. The van der Waals surface area contributed by atoms with Crippen molar-refractivity contribution in [3.63, 3.8) is 0 Å². The van der Waals surface area contributed by atoms with Gasteiger partial charge in [0.05, 0.1) is 0 Å². The zero-order valence-electron chi connectivity index (χ0n) is 10.7. The molecule has 0 saturated heterocycles. The molecule has 4 unspecified atom stereocenters. The molecule has 2 N–H and O–H groups in total. The van der Waals surface area contributed by atoms with E-state index in [0.29, 0.717) is 23.8 Å². The lowest BCUT2D eigenvalue weighted by atomic mass is 10.1. The summed E-state index contributed by atoms with van der Waals surface area (Å²) in [5.74, 6) is 1.93. The first kappa shape index (κ1) is 11.6. The second-order valence-electron chi connectivity index (χ2n) is 5.69. The van der Waals surface area contributed by atoms with Crippen LogP contribution in [0.25, 0.3) is 0 Å². The Labute approximate surface area is 108 Å². The predicted molar refractivity (Wildman–Crippen MR) is 71.4 cm³/mol. The van der Waals surface area contributed by atoms with Crippen molar-refractivity contribution in [2.75, 3.05) is 6.54 Å². The average molecular weight is 244 g/mol. The van der Waals surface area contributed by atoms with Crippen LogP contribution in [0, 0.1) is 11.8 Å². The first-order valence-electron chi connectivity index (χ1n) is 6.83. The van der Waals surface area contributed by atoms with Crippen molar-refractivity contribution in [1.29, 1.82) is 0 Å². The molecule has 2 saturated carbocycles. The van der Waals surface area contributed by atoms with Crippen LogP contribution in [-0.2, 0) is 0 Å². The topological polar surface area (TPSA) is 41.1 Å². The lowest BCUT2D eigenvalue weighted by molar-refractivity contribution is 0.239. The first-order chi connectivity index (χ1) is 8.74. The van der Waals surface area contributed by atoms with Gasteiger partial charge < -0.3 is 10.6 Å². The number of hydrogen-bond donors (Lipinski definition) is 2. The Morgan fingerprint density at radius 2 is 2.00 bits per heavy atom. The van der Waals surface area contributed by atoms with Gasteiger partial charge in [0, 0.05) is 12.6 Å². The van der Waals surface area contributed by atoms with E-state index in [2.05, 4.69) is 41.8 Å². The molecule has 2 amide bonds. The van der Waals surface area contributed by atoms with Gasteiger partial charge in [0.15, 0.2) is 0 Å². The number of nitrogens with one attached hydrogen (secondary N) is 2. The Morgan fingerprint density at radius 3 is 2.67 bits per heavy atom. The normalized spacial score (nSPS) is 32.7. The predicted octanol–water partition coefficient (Wildman–Crippen LogP) is 2.50. The monoisotopic (exact) mass is 244 g/mol. The minimum atomic E-state index is 0.00283. The second kappa shape index (κ2) is 4.63. The highest BCUT2D eigenvalue weighted by Crippen LogP contribution is 2.46. The van der Waals surface area contributed by atoms with Crippen molar-refractivity contribution >= 4 is 6.03 Å². The van der Waals surface area contributed by atoms with Crippen molar-refractivity contribution in [3.05, 3.63) is 35.9 Å². The number of carbonyl (C=O) groups excluding carboxylic acids is 1. The van der Waals surface area contributed by atoms with E-state index in [0.717, 1.165) is 13.0 Å². The number of benzene rings is 1. The molecule has 2 fully saturated rings. The number of urea groups is 1. The Bertz CT molecular complexity index is 431. The smallest absolute Gasteiger partial charge is 0.315 e. The van der Waals surface area contributed by atoms with Gasteiger partial charge in [-0.1, -0.05) is 37.3 Å². The molecule has 3 heteroatoms. The highest BCUT2D eigenvalue weighted by Gasteiger charge is 2.38. The van der Waals surface area contributed by atoms with Crippen LogP contribution < -0.4 is 10.6 Å². The third kappa shape index (κ3) is 2.66. The molecule has 96 valence electrons. The van der Waals surface area contributed by atoms with E-state index in [-0.39, 0.29) is 6.03 Å². The van der Waals surface area contributed by atoms with Gasteiger partial charge in [-0.2, -0.15) is 0 Å². The molecule has 3 rings (SSSR count). The number of carbonyl (C=O) groups is 1. The van der Waals surface area contributed by atoms with Gasteiger partial charge in [-0.05, 0) is 36.2 Å². The van der Waals surface area contributed by atoms with E-state index >= 15 is 0 Å². The van der Waals surface area contributed by atoms with Crippen LogP contribution in [0.2, 0.25) is 0 Å². The second-order valence-corrected chi connectivity index (χ2v) is 5.69. The van der Waals surface area contributed by atoms with E-state index in [1.807, 2.05) is 6.07 Å². The summed E-state index contributed by atoms with van der Waals surface area (Å²) in [5.41, 5.74) is 1.40. The van der Waals surface area contributed by atoms with Crippen LogP contribution in [-0.4, -0.2) is 18.6 Å². The van der Waals surface area contributed by atoms with Gasteiger partial charge in [0.1, 0.15) is 0 Å². The molecule has 0 heterocycles. The molecule has 4 atom stereocenters. The first-order valence-corrected chi connectivity index (χ1v) is 6.83. The van der Waals surface area contributed by atoms with Crippen LogP contribution in [0.4, 0.5) is 4.79 Å². The number of amides is 2. The number of rotatable bonds is 4. The molecule has 0 aliphatic heterocycles. The Balaban J connectivity index is 1.39. The molecule has 3 nitrogen and oxygen atoms in total. The van der Waals surface area contributed by atoms with Crippen LogP contribution in [0.1, 0.15) is 31.2 Å². The van der Waals surface area contributed by atoms with Gasteiger partial charge in [0.2, 0.25) is 0 Å². The molecule has 1 aromatic carbocycles. The molecule has 0 aromatic heterocycles. The zero-order chi connectivity index (χ0) is 12.5. The Hall–Kier alpha value is -1.51. The highest BCUT2D eigenvalue weighted by molar-refractivity contribution is 5.74. The quantitative estimate of drug-likeness (QED) is 0.839. The van der Waals surface area contributed by atoms with E-state index in [1.54, 1.807) is 0 Å². The fraction of sp³-hybridized carbons (Fsp3) is 0.533. The Kier molecular flexibility index (Phi) is 2.98. The van der Waals surface area contributed by atoms with Gasteiger partial charge >= 0.3 is 6.03 Å². The van der Waals surface area contributed by atoms with E-state index < -0.39 is 0 Å². The third-order valence-electron chi connectivity index (χ3n) is 4.10. The van der Waals surface area contributed by atoms with Crippen LogP contribution in [0.3, 0.4) is 0 Å². The van der Waals surface area contributed by atoms with Gasteiger partial charge in [0.25, 0.3) is 0 Å². The van der Waals surface area contributed by atoms with Crippen molar-refractivity contribution in [3.8, 4) is 0 Å². The van der Waals surface area contributed by atoms with Gasteiger partial charge in [-0.3, -0.25) is 0 Å². The molecule has 1 aromatic rings. The maximum Gasteiger partial charge on any atom is 0.315 e.